The van der Waals surface area contributed by atoms with Gasteiger partial charge in [-0.15, -0.1) is 0 Å². The molecule has 194 valence electrons. The molecule has 4 aliphatic rings. The highest BCUT2D eigenvalue weighted by atomic mass is 16.5. The summed E-state index contributed by atoms with van der Waals surface area (Å²) in [5.74, 6) is -2.66. The second kappa shape index (κ2) is 9.09. The summed E-state index contributed by atoms with van der Waals surface area (Å²) in [6.45, 7) is 3.35. The van der Waals surface area contributed by atoms with Crippen LogP contribution in [0, 0.1) is 28.6 Å². The number of carbonyl (C=O) groups is 4. The SMILES string of the molecule is C[C@]12CCC(=O)C=C1CC[C@@H]1[C@@H]2[C@H](O)C[C@@]2(C)[C@H]1CC[C@]2(O)C(=O)COC(=O)CCC(O)C(=O)O. The van der Waals surface area contributed by atoms with Crippen LogP contribution in [0.4, 0.5) is 0 Å². The highest BCUT2D eigenvalue weighted by Gasteiger charge is 2.68. The van der Waals surface area contributed by atoms with E-state index in [2.05, 4.69) is 6.92 Å². The number of ketones is 2. The van der Waals surface area contributed by atoms with Crippen molar-refractivity contribution in [3.63, 3.8) is 0 Å². The van der Waals surface area contributed by atoms with Crippen LogP contribution in [0.2, 0.25) is 0 Å². The average Bonchev–Trinajstić information content (AvgIpc) is 3.07. The molecular weight excluding hydrogens is 456 g/mol. The van der Waals surface area contributed by atoms with Gasteiger partial charge in [0.05, 0.1) is 6.10 Å². The molecule has 3 saturated carbocycles. The van der Waals surface area contributed by atoms with Crippen molar-refractivity contribution >= 4 is 23.5 Å². The van der Waals surface area contributed by atoms with Gasteiger partial charge in [-0.2, -0.15) is 0 Å². The minimum atomic E-state index is -1.75. The summed E-state index contributed by atoms with van der Waals surface area (Å²) in [4.78, 5) is 47.8. The third kappa shape index (κ3) is 4.15. The molecule has 0 aromatic heterocycles. The number of hydrogen-bond acceptors (Lipinski definition) is 8. The first-order valence-electron chi connectivity index (χ1n) is 12.6. The zero-order valence-corrected chi connectivity index (χ0v) is 20.4. The molecule has 0 spiro atoms. The molecular formula is C26H36O9. The molecule has 8 atom stereocenters. The lowest BCUT2D eigenvalue weighted by atomic mass is 9.45. The second-order valence-electron chi connectivity index (χ2n) is 11.5. The van der Waals surface area contributed by atoms with Crippen molar-refractivity contribution < 1.29 is 44.3 Å². The monoisotopic (exact) mass is 492 g/mol. The number of rotatable bonds is 7. The fourth-order valence-electron chi connectivity index (χ4n) is 7.87. The number of fused-ring (bicyclic) bond motifs is 5. The zero-order valence-electron chi connectivity index (χ0n) is 20.4. The third-order valence-electron chi connectivity index (χ3n) is 9.78. The van der Waals surface area contributed by atoms with Crippen molar-refractivity contribution in [2.45, 2.75) is 89.4 Å². The molecule has 1 unspecified atom stereocenters. The predicted molar refractivity (Wildman–Crippen MR) is 122 cm³/mol. The van der Waals surface area contributed by atoms with E-state index in [1.165, 1.54) is 0 Å². The fraction of sp³-hybridized carbons (Fsp3) is 0.769. The Morgan fingerprint density at radius 3 is 2.57 bits per heavy atom. The Hall–Kier alpha value is -2.10. The van der Waals surface area contributed by atoms with Crippen LogP contribution in [-0.2, 0) is 23.9 Å². The topological polar surface area (TPSA) is 158 Å². The first-order valence-corrected chi connectivity index (χ1v) is 12.6. The predicted octanol–water partition coefficient (Wildman–Crippen LogP) is 1.56. The van der Waals surface area contributed by atoms with Crippen LogP contribution in [-0.4, -0.2) is 68.3 Å². The standard InChI is InChI=1S/C26H36O9/c1-24-9-7-15(27)11-14(24)3-4-16-17-8-10-26(34,25(17,2)12-19(29)22(16)24)20(30)13-35-21(31)6-5-18(28)23(32)33/h11,16-19,22,28-29,34H,3-10,12-13H2,1-2H3,(H,32,33)/t16-,17-,18?,19+,22+,24-,25-,26-/m0/s1. The number of allylic oxidation sites excluding steroid dienone is 1. The van der Waals surface area contributed by atoms with E-state index in [1.54, 1.807) is 6.08 Å². The van der Waals surface area contributed by atoms with E-state index in [0.29, 0.717) is 19.3 Å². The molecule has 0 radical (unpaired) electrons. The number of ether oxygens (including phenoxy) is 1. The summed E-state index contributed by atoms with van der Waals surface area (Å²) >= 11 is 0. The van der Waals surface area contributed by atoms with Gasteiger partial charge in [-0.25, -0.2) is 4.79 Å². The van der Waals surface area contributed by atoms with Crippen molar-refractivity contribution in [2.75, 3.05) is 6.61 Å². The van der Waals surface area contributed by atoms with Gasteiger partial charge in [0.15, 0.2) is 18.5 Å². The van der Waals surface area contributed by atoms with Crippen molar-refractivity contribution in [3.8, 4) is 0 Å². The van der Waals surface area contributed by atoms with Gasteiger partial charge in [-0.3, -0.25) is 14.4 Å². The lowest BCUT2D eigenvalue weighted by molar-refractivity contribution is -0.184. The Kier molecular flexibility index (Phi) is 6.74. The number of carbonyl (C=O) groups excluding carboxylic acids is 3. The Morgan fingerprint density at radius 2 is 1.89 bits per heavy atom. The van der Waals surface area contributed by atoms with Crippen LogP contribution in [0.25, 0.3) is 0 Å². The Bertz CT molecular complexity index is 956. The smallest absolute Gasteiger partial charge is 0.332 e. The summed E-state index contributed by atoms with van der Waals surface area (Å²) in [5, 5.41) is 41.0. The van der Waals surface area contributed by atoms with Crippen LogP contribution >= 0.6 is 0 Å². The lowest BCUT2D eigenvalue weighted by Gasteiger charge is -2.60. The van der Waals surface area contributed by atoms with Crippen LogP contribution in [0.1, 0.15) is 71.6 Å². The minimum absolute atomic E-state index is 0.0160. The molecule has 9 nitrogen and oxygen atoms in total. The number of hydrogen-bond donors (Lipinski definition) is 4. The van der Waals surface area contributed by atoms with Gasteiger partial charge in [0, 0.05) is 18.3 Å². The van der Waals surface area contributed by atoms with Gasteiger partial charge in [0.2, 0.25) is 5.78 Å². The third-order valence-corrected chi connectivity index (χ3v) is 9.78. The minimum Gasteiger partial charge on any atom is -0.479 e. The highest BCUT2D eigenvalue weighted by molar-refractivity contribution is 5.92. The lowest BCUT2D eigenvalue weighted by Crippen LogP contribution is -2.62. The summed E-state index contributed by atoms with van der Waals surface area (Å²) in [5.41, 5.74) is -1.78. The molecule has 0 bridgehead atoms. The largest absolute Gasteiger partial charge is 0.479 e. The normalized spacial score (nSPS) is 41.2. The van der Waals surface area contributed by atoms with Gasteiger partial charge in [0.25, 0.3) is 0 Å². The number of carboxylic acid groups (broad SMARTS) is 1. The molecule has 0 amide bonds. The maximum absolute atomic E-state index is 13.2. The molecule has 0 aliphatic heterocycles. The molecule has 0 aromatic carbocycles. The summed E-state index contributed by atoms with van der Waals surface area (Å²) in [6.07, 6.45) is 2.47. The number of aliphatic hydroxyl groups excluding tert-OH is 2. The molecule has 3 fully saturated rings. The fourth-order valence-corrected chi connectivity index (χ4v) is 7.87. The summed E-state index contributed by atoms with van der Waals surface area (Å²) < 4.78 is 5.01. The molecule has 0 saturated heterocycles. The van der Waals surface area contributed by atoms with Crippen molar-refractivity contribution in [2.24, 2.45) is 28.6 Å². The van der Waals surface area contributed by atoms with Crippen LogP contribution in [0.15, 0.2) is 11.6 Å². The van der Waals surface area contributed by atoms with Gasteiger partial charge in [0.1, 0.15) is 5.60 Å². The molecule has 35 heavy (non-hydrogen) atoms. The molecule has 0 heterocycles. The number of Topliss-reactive ketones (excluding diaryl/α,β-unsaturated/α-hetero) is 1. The molecule has 4 aliphatic carbocycles. The quantitative estimate of drug-likeness (QED) is 0.387. The Morgan fingerprint density at radius 1 is 1.17 bits per heavy atom. The van der Waals surface area contributed by atoms with Gasteiger partial charge in [-0.1, -0.05) is 19.4 Å². The van der Waals surface area contributed by atoms with Crippen LogP contribution in [0.3, 0.4) is 0 Å². The maximum atomic E-state index is 13.2. The van der Waals surface area contributed by atoms with Gasteiger partial charge in [-0.05, 0) is 74.2 Å². The van der Waals surface area contributed by atoms with E-state index in [0.717, 1.165) is 18.4 Å². The Labute approximate surface area is 204 Å². The zero-order chi connectivity index (χ0) is 25.8. The van der Waals surface area contributed by atoms with E-state index in [4.69, 9.17) is 9.84 Å². The first-order chi connectivity index (χ1) is 16.3. The maximum Gasteiger partial charge on any atom is 0.332 e. The number of carboxylic acids is 1. The number of aliphatic carboxylic acids is 1. The summed E-state index contributed by atoms with van der Waals surface area (Å²) in [6, 6.07) is 0. The summed E-state index contributed by atoms with van der Waals surface area (Å²) in [7, 11) is 0. The van der Waals surface area contributed by atoms with Crippen molar-refractivity contribution in [1.29, 1.82) is 0 Å². The van der Waals surface area contributed by atoms with E-state index >= 15 is 0 Å². The van der Waals surface area contributed by atoms with Crippen molar-refractivity contribution in [1.82, 2.24) is 0 Å². The highest BCUT2D eigenvalue weighted by Crippen LogP contribution is 2.67. The first kappa shape index (κ1) is 26.0. The van der Waals surface area contributed by atoms with Gasteiger partial charge < -0.3 is 25.2 Å². The molecule has 9 heteroatoms. The second-order valence-corrected chi connectivity index (χ2v) is 11.5. The van der Waals surface area contributed by atoms with Crippen molar-refractivity contribution in [3.05, 3.63) is 11.6 Å². The molecule has 4 rings (SSSR count). The van der Waals surface area contributed by atoms with Gasteiger partial charge >= 0.3 is 11.9 Å². The van der Waals surface area contributed by atoms with Crippen LogP contribution < -0.4 is 0 Å². The van der Waals surface area contributed by atoms with E-state index in [-0.39, 0.29) is 54.6 Å². The molecule has 0 aromatic rings. The molecule has 4 N–H and O–H groups in total. The Balaban J connectivity index is 1.47. The number of esters is 1. The van der Waals surface area contributed by atoms with E-state index in [9.17, 15) is 34.5 Å². The number of aliphatic hydroxyl groups is 3. The van der Waals surface area contributed by atoms with E-state index in [1.807, 2.05) is 6.92 Å². The van der Waals surface area contributed by atoms with E-state index < -0.39 is 47.6 Å². The average molecular weight is 493 g/mol. The van der Waals surface area contributed by atoms with Crippen LogP contribution in [0.5, 0.6) is 0 Å².